The first kappa shape index (κ1) is 20.8. The Bertz CT molecular complexity index is 381. The Hall–Kier alpha value is 0.460. The highest BCUT2D eigenvalue weighted by atomic mass is 31.2. The van der Waals surface area contributed by atoms with E-state index in [1.54, 1.807) is 27.7 Å². The van der Waals surface area contributed by atoms with Crippen LogP contribution in [0.1, 0.15) is 27.7 Å². The van der Waals surface area contributed by atoms with Crippen molar-refractivity contribution in [2.75, 3.05) is 13.2 Å². The fourth-order valence-electron chi connectivity index (χ4n) is 2.65. The van der Waals surface area contributed by atoms with Crippen LogP contribution in [-0.4, -0.2) is 68.8 Å². The molecule has 0 bridgehead atoms. The maximum atomic E-state index is 9.30. The molecule has 0 radical (unpaired) electrons. The van der Waals surface area contributed by atoms with Crippen LogP contribution in [0.25, 0.3) is 0 Å². The molecule has 0 saturated carbocycles. The molecule has 4 N–H and O–H groups in total. The number of hydrogen-bond donors (Lipinski definition) is 4. The Morgan fingerprint density at radius 2 is 1.12 bits per heavy atom. The summed E-state index contributed by atoms with van der Waals surface area (Å²) in [5.41, 5.74) is 0. The van der Waals surface area contributed by atoms with Crippen molar-refractivity contribution in [2.45, 2.75) is 63.7 Å². The lowest BCUT2D eigenvalue weighted by molar-refractivity contribution is -0.177. The largest absolute Gasteiger partial charge is 0.348 e. The van der Waals surface area contributed by atoms with Crippen molar-refractivity contribution < 1.29 is 47.6 Å². The molecule has 4 atom stereocenters. The molecule has 0 aromatic carbocycles. The zero-order valence-electron chi connectivity index (χ0n) is 13.9. The van der Waals surface area contributed by atoms with E-state index < -0.39 is 53.2 Å². The average Bonchev–Trinajstić information content (AvgIpc) is 2.95. The minimum atomic E-state index is -2.75. The molecule has 142 valence electrons. The molecule has 2 fully saturated rings. The van der Waals surface area contributed by atoms with Crippen molar-refractivity contribution in [2.24, 2.45) is 0 Å². The maximum Gasteiger partial charge on any atom is 0.327 e. The van der Waals surface area contributed by atoms with Crippen molar-refractivity contribution in [1.82, 2.24) is 0 Å². The minimum absolute atomic E-state index is 0.104. The van der Waals surface area contributed by atoms with E-state index >= 15 is 0 Å². The van der Waals surface area contributed by atoms with Crippen LogP contribution < -0.4 is 0 Å². The zero-order chi connectivity index (χ0) is 18.1. The predicted molar refractivity (Wildman–Crippen MR) is 82.3 cm³/mol. The molecule has 2 aliphatic heterocycles. The van der Waals surface area contributed by atoms with E-state index in [2.05, 4.69) is 0 Å². The lowest BCUT2D eigenvalue weighted by Gasteiger charge is -2.33. The molecule has 0 aromatic heterocycles. The summed E-state index contributed by atoms with van der Waals surface area (Å²) in [6, 6.07) is 0. The van der Waals surface area contributed by atoms with Crippen molar-refractivity contribution in [1.29, 1.82) is 0 Å². The molecule has 0 spiro atoms. The van der Waals surface area contributed by atoms with Gasteiger partial charge in [0.15, 0.2) is 11.6 Å². The maximum absolute atomic E-state index is 9.30. The molecule has 0 unspecified atom stereocenters. The molecule has 2 saturated heterocycles. The summed E-state index contributed by atoms with van der Waals surface area (Å²) in [6.45, 7) is 7.00. The average molecular weight is 390 g/mol. The minimum Gasteiger partial charge on any atom is -0.348 e. The molecule has 12 heteroatoms. The van der Waals surface area contributed by atoms with E-state index in [1.807, 2.05) is 0 Å². The van der Waals surface area contributed by atoms with Gasteiger partial charge in [-0.3, -0.25) is 0 Å². The SMILES string of the molecule is CC1(C)OC[C@H]([C@@H](OP(O)O)[C@H](OP(O)O)[C@H]2COC(C)(C)O2)O1. The Kier molecular flexibility index (Phi) is 6.92. The molecule has 24 heavy (non-hydrogen) atoms. The highest BCUT2D eigenvalue weighted by Crippen LogP contribution is 2.41. The molecule has 0 aliphatic carbocycles. The third-order valence-electron chi connectivity index (χ3n) is 3.55. The monoisotopic (exact) mass is 390 g/mol. The lowest BCUT2D eigenvalue weighted by atomic mass is 10.0. The first-order chi connectivity index (χ1) is 11.0. The number of ether oxygens (including phenoxy) is 4. The lowest BCUT2D eigenvalue weighted by Crippen LogP contribution is -2.49. The van der Waals surface area contributed by atoms with E-state index in [9.17, 15) is 19.6 Å². The molecule has 2 heterocycles. The van der Waals surface area contributed by atoms with Gasteiger partial charge in [0.05, 0.1) is 13.2 Å². The van der Waals surface area contributed by atoms with Crippen LogP contribution in [0.5, 0.6) is 0 Å². The summed E-state index contributed by atoms with van der Waals surface area (Å²) >= 11 is 0. The van der Waals surface area contributed by atoms with Gasteiger partial charge >= 0.3 is 17.2 Å². The van der Waals surface area contributed by atoms with Crippen LogP contribution in [0.2, 0.25) is 0 Å². The molecule has 2 aliphatic rings. The van der Waals surface area contributed by atoms with Crippen LogP contribution in [0, 0.1) is 0 Å². The normalized spacial score (nSPS) is 31.8. The second-order valence-corrected chi connectivity index (χ2v) is 7.81. The molecule has 0 amide bonds. The summed E-state index contributed by atoms with van der Waals surface area (Å²) in [5.74, 6) is -1.78. The summed E-state index contributed by atoms with van der Waals surface area (Å²) in [7, 11) is -5.50. The summed E-state index contributed by atoms with van der Waals surface area (Å²) < 4.78 is 32.7. The Balaban J connectivity index is 2.20. The fraction of sp³-hybridized carbons (Fsp3) is 1.00. The second kappa shape index (κ2) is 8.00. The van der Waals surface area contributed by atoms with Crippen LogP contribution in [0.3, 0.4) is 0 Å². The number of rotatable bonds is 7. The summed E-state index contributed by atoms with van der Waals surface area (Å²) in [6.07, 6.45) is -3.59. The van der Waals surface area contributed by atoms with Crippen molar-refractivity contribution in [3.63, 3.8) is 0 Å². The quantitative estimate of drug-likeness (QED) is 0.455. The topological polar surface area (TPSA) is 136 Å². The van der Waals surface area contributed by atoms with Gasteiger partial charge in [-0.2, -0.15) is 0 Å². The van der Waals surface area contributed by atoms with Crippen LogP contribution in [-0.2, 0) is 28.0 Å². The van der Waals surface area contributed by atoms with Gasteiger partial charge in [-0.1, -0.05) is 0 Å². The smallest absolute Gasteiger partial charge is 0.327 e. The van der Waals surface area contributed by atoms with E-state index in [4.69, 9.17) is 28.0 Å². The fourth-order valence-corrected chi connectivity index (χ4v) is 3.60. The van der Waals surface area contributed by atoms with Crippen LogP contribution >= 0.6 is 17.2 Å². The van der Waals surface area contributed by atoms with Crippen molar-refractivity contribution >= 4 is 17.2 Å². The van der Waals surface area contributed by atoms with Crippen LogP contribution in [0.15, 0.2) is 0 Å². The molecular formula is C12H24O10P2. The van der Waals surface area contributed by atoms with E-state index in [-0.39, 0.29) is 13.2 Å². The van der Waals surface area contributed by atoms with Gasteiger partial charge in [-0.15, -0.1) is 0 Å². The number of hydrogen-bond acceptors (Lipinski definition) is 10. The highest BCUT2D eigenvalue weighted by Gasteiger charge is 2.49. The highest BCUT2D eigenvalue weighted by molar-refractivity contribution is 7.39. The Morgan fingerprint density at radius 1 is 0.792 bits per heavy atom. The Morgan fingerprint density at radius 3 is 1.33 bits per heavy atom. The summed E-state index contributed by atoms with van der Waals surface area (Å²) in [5, 5.41) is 0. The Labute approximate surface area is 142 Å². The first-order valence-corrected chi connectivity index (χ1v) is 9.65. The van der Waals surface area contributed by atoms with Gasteiger partial charge in [-0.25, -0.2) is 0 Å². The van der Waals surface area contributed by atoms with Gasteiger partial charge < -0.3 is 47.6 Å². The van der Waals surface area contributed by atoms with E-state index in [1.165, 1.54) is 0 Å². The third kappa shape index (κ3) is 5.74. The first-order valence-electron chi connectivity index (χ1n) is 7.32. The molecule has 0 aromatic rings. The standard InChI is InChI=1S/C12H24O10P2/c1-11(2)17-5-7(19-11)9(21-23(13)14)10(22-24(15)16)8-6-18-12(3,4)20-8/h7-10,13-16H,5-6H2,1-4H3/t7-,8-,9-,10-/m1/s1. The zero-order valence-corrected chi connectivity index (χ0v) is 15.6. The van der Waals surface area contributed by atoms with Crippen molar-refractivity contribution in [3.8, 4) is 0 Å². The van der Waals surface area contributed by atoms with Crippen molar-refractivity contribution in [3.05, 3.63) is 0 Å². The molecular weight excluding hydrogens is 366 g/mol. The van der Waals surface area contributed by atoms with Gasteiger partial charge in [0, 0.05) is 0 Å². The third-order valence-corrected chi connectivity index (χ3v) is 4.41. The predicted octanol–water partition coefficient (Wildman–Crippen LogP) is 0.483. The van der Waals surface area contributed by atoms with Gasteiger partial charge in [-0.05, 0) is 27.7 Å². The van der Waals surface area contributed by atoms with Gasteiger partial charge in [0.1, 0.15) is 24.4 Å². The molecule has 10 nitrogen and oxygen atoms in total. The van der Waals surface area contributed by atoms with Gasteiger partial charge in [0.2, 0.25) is 0 Å². The molecule has 2 rings (SSSR count). The second-order valence-electron chi connectivity index (χ2n) is 6.38. The van der Waals surface area contributed by atoms with Gasteiger partial charge in [0.25, 0.3) is 0 Å². The van der Waals surface area contributed by atoms with Crippen LogP contribution in [0.4, 0.5) is 0 Å². The van der Waals surface area contributed by atoms with E-state index in [0.29, 0.717) is 0 Å². The summed E-state index contributed by atoms with van der Waals surface area (Å²) in [4.78, 5) is 37.2. The van der Waals surface area contributed by atoms with E-state index in [0.717, 1.165) is 0 Å².